The number of nitrogens with one attached hydrogen (secondary N) is 1. The van der Waals surface area contributed by atoms with Gasteiger partial charge in [-0.1, -0.05) is 31.6 Å². The SMILES string of the molecule is C[C@]12CC[C@H]3[C@@H](CC[C@H]4C/C(=N\NC(N)=S)CC[C@@]43C)C1=CC=C2C1=CC(=O)OC1. The molecule has 0 aromatic rings. The van der Waals surface area contributed by atoms with Crippen LogP contribution in [0.3, 0.4) is 0 Å². The molecular weight excluding hydrogens is 394 g/mol. The highest BCUT2D eigenvalue weighted by Crippen LogP contribution is 2.65. The molecule has 4 aliphatic carbocycles. The Morgan fingerprint density at radius 2 is 2.10 bits per heavy atom. The van der Waals surface area contributed by atoms with Gasteiger partial charge in [0.1, 0.15) is 6.61 Å². The van der Waals surface area contributed by atoms with Crippen LogP contribution in [0.25, 0.3) is 0 Å². The molecule has 3 fully saturated rings. The van der Waals surface area contributed by atoms with Gasteiger partial charge in [-0.15, -0.1) is 0 Å². The third-order valence-corrected chi connectivity index (χ3v) is 8.97. The number of rotatable bonds is 2. The number of hydrogen-bond donors (Lipinski definition) is 2. The van der Waals surface area contributed by atoms with Gasteiger partial charge in [0.05, 0.1) is 0 Å². The van der Waals surface area contributed by atoms with Gasteiger partial charge in [-0.25, -0.2) is 4.79 Å². The Labute approximate surface area is 183 Å². The molecule has 0 saturated heterocycles. The first-order valence-corrected chi connectivity index (χ1v) is 11.6. The number of cyclic esters (lactones) is 1. The van der Waals surface area contributed by atoms with Crippen LogP contribution in [0.1, 0.15) is 58.8 Å². The Kier molecular flexibility index (Phi) is 4.69. The number of ether oxygens (including phenoxy) is 1. The van der Waals surface area contributed by atoms with E-state index in [0.717, 1.165) is 30.8 Å². The van der Waals surface area contributed by atoms with Crippen LogP contribution in [0, 0.1) is 28.6 Å². The van der Waals surface area contributed by atoms with Crippen molar-refractivity contribution in [3.8, 4) is 0 Å². The van der Waals surface area contributed by atoms with Crippen molar-refractivity contribution in [3.05, 3.63) is 34.9 Å². The zero-order valence-electron chi connectivity index (χ0n) is 17.9. The predicted octanol–water partition coefficient (Wildman–Crippen LogP) is 4.16. The van der Waals surface area contributed by atoms with Gasteiger partial charge >= 0.3 is 5.97 Å². The summed E-state index contributed by atoms with van der Waals surface area (Å²) in [6, 6.07) is 0. The van der Waals surface area contributed by atoms with Gasteiger partial charge in [-0.2, -0.15) is 5.10 Å². The highest BCUT2D eigenvalue weighted by molar-refractivity contribution is 7.80. The monoisotopic (exact) mass is 425 g/mol. The van der Waals surface area contributed by atoms with Gasteiger partial charge in [0.25, 0.3) is 0 Å². The summed E-state index contributed by atoms with van der Waals surface area (Å²) in [4.78, 5) is 11.6. The molecule has 5 aliphatic rings. The number of esters is 1. The van der Waals surface area contributed by atoms with Crippen molar-refractivity contribution in [1.82, 2.24) is 5.43 Å². The molecule has 6 heteroatoms. The smallest absolute Gasteiger partial charge is 0.331 e. The maximum absolute atomic E-state index is 11.6. The number of hydrogen-bond acceptors (Lipinski definition) is 4. The van der Waals surface area contributed by atoms with Crippen LogP contribution in [-0.4, -0.2) is 23.4 Å². The summed E-state index contributed by atoms with van der Waals surface area (Å²) < 4.78 is 5.21. The molecule has 0 spiro atoms. The van der Waals surface area contributed by atoms with Crippen LogP contribution in [-0.2, 0) is 9.53 Å². The first-order valence-electron chi connectivity index (χ1n) is 11.2. The van der Waals surface area contributed by atoms with Crippen molar-refractivity contribution in [2.45, 2.75) is 58.8 Å². The Morgan fingerprint density at radius 1 is 1.27 bits per heavy atom. The van der Waals surface area contributed by atoms with E-state index in [0.29, 0.717) is 23.9 Å². The molecule has 5 nitrogen and oxygen atoms in total. The zero-order valence-corrected chi connectivity index (χ0v) is 18.7. The Hall–Kier alpha value is -1.95. The van der Waals surface area contributed by atoms with Crippen LogP contribution in [0.4, 0.5) is 0 Å². The molecule has 160 valence electrons. The van der Waals surface area contributed by atoms with E-state index >= 15 is 0 Å². The number of carbonyl (C=O) groups is 1. The summed E-state index contributed by atoms with van der Waals surface area (Å²) in [5.74, 6) is 1.85. The third kappa shape index (κ3) is 2.98. The van der Waals surface area contributed by atoms with Gasteiger partial charge in [-0.3, -0.25) is 5.43 Å². The fourth-order valence-electron chi connectivity index (χ4n) is 7.28. The number of thiocarbonyl (C=S) groups is 1. The molecule has 3 saturated carbocycles. The van der Waals surface area contributed by atoms with E-state index < -0.39 is 0 Å². The molecular formula is C24H31N3O2S. The quantitative estimate of drug-likeness (QED) is 0.395. The minimum absolute atomic E-state index is 0.0617. The van der Waals surface area contributed by atoms with E-state index in [1.54, 1.807) is 11.6 Å². The minimum Gasteiger partial charge on any atom is -0.458 e. The fourth-order valence-corrected chi connectivity index (χ4v) is 7.33. The maximum Gasteiger partial charge on any atom is 0.331 e. The molecule has 0 amide bonds. The number of nitrogens with zero attached hydrogens (tertiary/aromatic N) is 1. The second-order valence-electron chi connectivity index (χ2n) is 10.2. The van der Waals surface area contributed by atoms with Gasteiger partial charge < -0.3 is 10.5 Å². The van der Waals surface area contributed by atoms with E-state index in [2.05, 4.69) is 36.5 Å². The average molecular weight is 426 g/mol. The van der Waals surface area contributed by atoms with Crippen LogP contribution in [0.15, 0.2) is 40.0 Å². The van der Waals surface area contributed by atoms with Crippen molar-refractivity contribution in [3.63, 3.8) is 0 Å². The van der Waals surface area contributed by atoms with E-state index in [-0.39, 0.29) is 16.5 Å². The molecule has 5 atom stereocenters. The normalized spacial score (nSPS) is 41.1. The van der Waals surface area contributed by atoms with E-state index in [1.807, 2.05) is 0 Å². The zero-order chi connectivity index (χ0) is 21.1. The van der Waals surface area contributed by atoms with Gasteiger partial charge in [-0.05, 0) is 85.9 Å². The molecule has 0 aromatic heterocycles. The summed E-state index contributed by atoms with van der Waals surface area (Å²) in [7, 11) is 0. The lowest BCUT2D eigenvalue weighted by atomic mass is 9.46. The molecule has 0 aromatic carbocycles. The Morgan fingerprint density at radius 3 is 2.83 bits per heavy atom. The maximum atomic E-state index is 11.6. The summed E-state index contributed by atoms with van der Waals surface area (Å²) >= 11 is 4.90. The van der Waals surface area contributed by atoms with Crippen molar-refractivity contribution in [1.29, 1.82) is 0 Å². The van der Waals surface area contributed by atoms with E-state index in [4.69, 9.17) is 22.7 Å². The fraction of sp³-hybridized carbons (Fsp3) is 0.625. The van der Waals surface area contributed by atoms with Crippen molar-refractivity contribution in [2.75, 3.05) is 6.61 Å². The standard InChI is InChI=1S/C24H31N3O2S/c1-23-9-7-16(26-27-22(25)30)12-15(23)3-4-17-19-6-5-18(14-11-21(28)29-13-14)24(19,2)10-8-20(17)23/h5-6,11,15,17,20H,3-4,7-10,12-13H2,1-2H3,(H3,25,27,30)/b26-16-/t15-,17-,20-,23-,24+/m0/s1. The Balaban J connectivity index is 1.36. The second-order valence-corrected chi connectivity index (χ2v) is 10.6. The lowest BCUT2D eigenvalue weighted by molar-refractivity contribution is -0.134. The van der Waals surface area contributed by atoms with Crippen LogP contribution >= 0.6 is 12.2 Å². The summed E-state index contributed by atoms with van der Waals surface area (Å²) in [6.45, 7) is 5.35. The lowest BCUT2D eigenvalue weighted by Crippen LogP contribution is -2.51. The lowest BCUT2D eigenvalue weighted by Gasteiger charge is -2.58. The van der Waals surface area contributed by atoms with Crippen molar-refractivity contribution >= 4 is 29.0 Å². The number of allylic oxidation sites excluding steroid dienone is 3. The molecule has 30 heavy (non-hydrogen) atoms. The highest BCUT2D eigenvalue weighted by Gasteiger charge is 2.56. The summed E-state index contributed by atoms with van der Waals surface area (Å²) in [5, 5.41) is 4.71. The first-order chi connectivity index (χ1) is 14.3. The van der Waals surface area contributed by atoms with Gasteiger partial charge in [0, 0.05) is 22.8 Å². The topological polar surface area (TPSA) is 76.7 Å². The largest absolute Gasteiger partial charge is 0.458 e. The number of fused-ring (bicyclic) bond motifs is 5. The van der Waals surface area contributed by atoms with Crippen LogP contribution in [0.5, 0.6) is 0 Å². The molecule has 0 unspecified atom stereocenters. The molecule has 1 heterocycles. The molecule has 1 aliphatic heterocycles. The summed E-state index contributed by atoms with van der Waals surface area (Å²) in [5.41, 5.74) is 14.0. The molecule has 3 N–H and O–H groups in total. The Bertz CT molecular complexity index is 933. The van der Waals surface area contributed by atoms with Gasteiger partial charge in [0.2, 0.25) is 0 Å². The summed E-state index contributed by atoms with van der Waals surface area (Å²) in [6.07, 6.45) is 14.5. The minimum atomic E-state index is -0.200. The van der Waals surface area contributed by atoms with E-state index in [1.165, 1.54) is 37.0 Å². The first kappa shape index (κ1) is 20.0. The van der Waals surface area contributed by atoms with Crippen LogP contribution < -0.4 is 11.2 Å². The van der Waals surface area contributed by atoms with Crippen LogP contribution in [0.2, 0.25) is 0 Å². The number of nitrogens with two attached hydrogens (primary N) is 1. The average Bonchev–Trinajstić information content (AvgIpc) is 3.28. The van der Waals surface area contributed by atoms with Crippen molar-refractivity contribution < 1.29 is 9.53 Å². The van der Waals surface area contributed by atoms with Crippen molar-refractivity contribution in [2.24, 2.45) is 39.4 Å². The number of carbonyl (C=O) groups excluding carboxylic acids is 1. The molecule has 5 rings (SSSR count). The second kappa shape index (κ2) is 7.04. The van der Waals surface area contributed by atoms with Gasteiger partial charge in [0.15, 0.2) is 5.11 Å². The highest BCUT2D eigenvalue weighted by atomic mass is 32.1. The van der Waals surface area contributed by atoms with E-state index in [9.17, 15) is 4.79 Å². The number of hydrazone groups is 1. The molecule has 0 radical (unpaired) electrons. The predicted molar refractivity (Wildman–Crippen MR) is 122 cm³/mol. The molecule has 0 bridgehead atoms. The third-order valence-electron chi connectivity index (χ3n) is 8.87.